The standard InChI is InChI=1S/C16H18O4S2/c17-15(19-7-3-13-5-9-21-11-13)1-2-16(18)20-8-4-14-6-10-22-12-14/h5-6,9-12H,1-4,7-8H2. The van der Waals surface area contributed by atoms with Gasteiger partial charge < -0.3 is 9.47 Å². The first-order valence-electron chi connectivity index (χ1n) is 7.07. The van der Waals surface area contributed by atoms with Crippen LogP contribution in [0.15, 0.2) is 33.7 Å². The maximum Gasteiger partial charge on any atom is 0.306 e. The van der Waals surface area contributed by atoms with Gasteiger partial charge in [0.15, 0.2) is 0 Å². The zero-order valence-corrected chi connectivity index (χ0v) is 13.8. The normalized spacial score (nSPS) is 10.4. The smallest absolute Gasteiger partial charge is 0.306 e. The van der Waals surface area contributed by atoms with E-state index in [1.54, 1.807) is 22.7 Å². The Hall–Kier alpha value is -1.66. The van der Waals surface area contributed by atoms with Gasteiger partial charge in [0.05, 0.1) is 26.1 Å². The number of hydrogen-bond acceptors (Lipinski definition) is 6. The Morgan fingerprint density at radius 1 is 0.818 bits per heavy atom. The van der Waals surface area contributed by atoms with E-state index >= 15 is 0 Å². The molecule has 2 aromatic rings. The summed E-state index contributed by atoms with van der Waals surface area (Å²) < 4.78 is 10.2. The molecule has 2 heterocycles. The lowest BCUT2D eigenvalue weighted by Crippen LogP contribution is -2.12. The first-order chi connectivity index (χ1) is 10.7. The minimum absolute atomic E-state index is 0.0704. The summed E-state index contributed by atoms with van der Waals surface area (Å²) in [5.74, 6) is -0.713. The summed E-state index contributed by atoms with van der Waals surface area (Å²) in [5, 5.41) is 8.03. The Balaban J connectivity index is 1.50. The lowest BCUT2D eigenvalue weighted by molar-refractivity contribution is -0.150. The Morgan fingerprint density at radius 2 is 1.27 bits per heavy atom. The molecule has 0 fully saturated rings. The van der Waals surface area contributed by atoms with Crippen LogP contribution in [0.25, 0.3) is 0 Å². The van der Waals surface area contributed by atoms with Crippen LogP contribution in [0.2, 0.25) is 0 Å². The molecule has 0 saturated heterocycles. The third-order valence-corrected chi connectivity index (χ3v) is 4.47. The highest BCUT2D eigenvalue weighted by Gasteiger charge is 2.09. The number of ether oxygens (including phenoxy) is 2. The first-order valence-corrected chi connectivity index (χ1v) is 8.96. The number of carbonyl (C=O) groups is 2. The number of thiophene rings is 2. The van der Waals surface area contributed by atoms with E-state index in [9.17, 15) is 9.59 Å². The summed E-state index contributed by atoms with van der Waals surface area (Å²) in [6, 6.07) is 4.01. The average molecular weight is 338 g/mol. The van der Waals surface area contributed by atoms with E-state index < -0.39 is 0 Å². The van der Waals surface area contributed by atoms with Crippen molar-refractivity contribution >= 4 is 34.6 Å². The van der Waals surface area contributed by atoms with Crippen LogP contribution in [0.3, 0.4) is 0 Å². The molecule has 0 unspecified atom stereocenters. The molecule has 0 bridgehead atoms. The molecule has 2 rings (SSSR count). The van der Waals surface area contributed by atoms with Crippen molar-refractivity contribution in [1.82, 2.24) is 0 Å². The lowest BCUT2D eigenvalue weighted by atomic mass is 10.2. The van der Waals surface area contributed by atoms with Gasteiger partial charge in [0.1, 0.15) is 0 Å². The van der Waals surface area contributed by atoms with Crippen molar-refractivity contribution in [2.24, 2.45) is 0 Å². The Bertz CT molecular complexity index is 509. The summed E-state index contributed by atoms with van der Waals surface area (Å²) in [6.45, 7) is 0.700. The third-order valence-electron chi connectivity index (χ3n) is 3.00. The zero-order chi connectivity index (χ0) is 15.6. The van der Waals surface area contributed by atoms with E-state index in [0.717, 1.165) is 11.1 Å². The van der Waals surface area contributed by atoms with Crippen LogP contribution in [-0.2, 0) is 31.9 Å². The molecule has 0 aliphatic rings. The van der Waals surface area contributed by atoms with Crippen molar-refractivity contribution in [1.29, 1.82) is 0 Å². The summed E-state index contributed by atoms with van der Waals surface area (Å²) >= 11 is 3.24. The van der Waals surface area contributed by atoms with E-state index in [2.05, 4.69) is 0 Å². The van der Waals surface area contributed by atoms with Gasteiger partial charge >= 0.3 is 11.9 Å². The molecule has 0 atom stereocenters. The highest BCUT2D eigenvalue weighted by Crippen LogP contribution is 2.08. The van der Waals surface area contributed by atoms with Crippen molar-refractivity contribution in [3.05, 3.63) is 44.8 Å². The van der Waals surface area contributed by atoms with Gasteiger partial charge in [0, 0.05) is 12.8 Å². The van der Waals surface area contributed by atoms with Gasteiger partial charge in [-0.1, -0.05) is 0 Å². The van der Waals surface area contributed by atoms with Crippen LogP contribution in [-0.4, -0.2) is 25.2 Å². The minimum atomic E-state index is -0.356. The largest absolute Gasteiger partial charge is 0.465 e. The van der Waals surface area contributed by atoms with Gasteiger partial charge in [-0.15, -0.1) is 0 Å². The third kappa shape index (κ3) is 6.41. The first kappa shape index (κ1) is 16.7. The second-order valence-corrected chi connectivity index (χ2v) is 6.26. The van der Waals surface area contributed by atoms with Gasteiger partial charge in [0.2, 0.25) is 0 Å². The summed E-state index contributed by atoms with van der Waals surface area (Å²) in [6.07, 6.45) is 1.56. The van der Waals surface area contributed by atoms with Crippen LogP contribution >= 0.6 is 22.7 Å². The average Bonchev–Trinajstić information content (AvgIpc) is 3.18. The Kier molecular flexibility index (Phi) is 7.12. The molecule has 0 spiro atoms. The quantitative estimate of drug-likeness (QED) is 0.657. The predicted octanol–water partition coefficient (Wildman–Crippen LogP) is 3.46. The molecule has 118 valence electrons. The molecule has 0 radical (unpaired) electrons. The predicted molar refractivity (Wildman–Crippen MR) is 87.2 cm³/mol. The summed E-state index contributed by atoms with van der Waals surface area (Å²) in [5.41, 5.74) is 2.32. The molecule has 0 N–H and O–H groups in total. The van der Waals surface area contributed by atoms with E-state index in [0.29, 0.717) is 26.1 Å². The molecule has 0 aromatic carbocycles. The van der Waals surface area contributed by atoms with Crippen molar-refractivity contribution in [3.8, 4) is 0 Å². The van der Waals surface area contributed by atoms with Gasteiger partial charge in [-0.2, -0.15) is 22.7 Å². The number of hydrogen-bond donors (Lipinski definition) is 0. The van der Waals surface area contributed by atoms with E-state index in [-0.39, 0.29) is 24.8 Å². The topological polar surface area (TPSA) is 52.6 Å². The van der Waals surface area contributed by atoms with Crippen molar-refractivity contribution < 1.29 is 19.1 Å². The van der Waals surface area contributed by atoms with Crippen molar-refractivity contribution in [3.63, 3.8) is 0 Å². The molecular formula is C16H18O4S2. The van der Waals surface area contributed by atoms with E-state index in [1.165, 1.54) is 0 Å². The van der Waals surface area contributed by atoms with Crippen LogP contribution in [0, 0.1) is 0 Å². The Labute approximate surface area is 137 Å². The van der Waals surface area contributed by atoms with E-state index in [1.807, 2.05) is 33.7 Å². The van der Waals surface area contributed by atoms with Gasteiger partial charge in [0.25, 0.3) is 0 Å². The van der Waals surface area contributed by atoms with E-state index in [4.69, 9.17) is 9.47 Å². The highest BCUT2D eigenvalue weighted by molar-refractivity contribution is 7.08. The number of esters is 2. The molecule has 2 aromatic heterocycles. The minimum Gasteiger partial charge on any atom is -0.465 e. The van der Waals surface area contributed by atoms with Gasteiger partial charge in [-0.3, -0.25) is 9.59 Å². The fraction of sp³-hybridized carbons (Fsp3) is 0.375. The fourth-order valence-electron chi connectivity index (χ4n) is 1.78. The van der Waals surface area contributed by atoms with Crippen molar-refractivity contribution in [2.45, 2.75) is 25.7 Å². The maximum atomic E-state index is 11.5. The van der Waals surface area contributed by atoms with Crippen LogP contribution in [0.1, 0.15) is 24.0 Å². The number of carbonyl (C=O) groups excluding carboxylic acids is 2. The second kappa shape index (κ2) is 9.38. The molecule has 0 aliphatic carbocycles. The summed E-state index contributed by atoms with van der Waals surface area (Å²) in [7, 11) is 0. The molecule has 0 saturated carbocycles. The molecular weight excluding hydrogens is 320 g/mol. The second-order valence-electron chi connectivity index (χ2n) is 4.70. The molecule has 22 heavy (non-hydrogen) atoms. The SMILES string of the molecule is O=C(CCC(=O)OCCc1ccsc1)OCCc1ccsc1. The zero-order valence-electron chi connectivity index (χ0n) is 12.2. The maximum absolute atomic E-state index is 11.5. The summed E-state index contributed by atoms with van der Waals surface area (Å²) in [4.78, 5) is 23.0. The monoisotopic (exact) mass is 338 g/mol. The van der Waals surface area contributed by atoms with Crippen molar-refractivity contribution in [2.75, 3.05) is 13.2 Å². The highest BCUT2D eigenvalue weighted by atomic mass is 32.1. The number of rotatable bonds is 9. The Morgan fingerprint density at radius 3 is 1.64 bits per heavy atom. The van der Waals surface area contributed by atoms with Crippen LogP contribution < -0.4 is 0 Å². The molecule has 0 amide bonds. The molecule has 6 heteroatoms. The van der Waals surface area contributed by atoms with Crippen LogP contribution in [0.5, 0.6) is 0 Å². The lowest BCUT2D eigenvalue weighted by Gasteiger charge is -2.05. The van der Waals surface area contributed by atoms with Crippen LogP contribution in [0.4, 0.5) is 0 Å². The molecule has 4 nitrogen and oxygen atoms in total. The van der Waals surface area contributed by atoms with Gasteiger partial charge in [-0.25, -0.2) is 0 Å². The van der Waals surface area contributed by atoms with Gasteiger partial charge in [-0.05, 0) is 44.8 Å². The fourth-order valence-corrected chi connectivity index (χ4v) is 3.19. The molecule has 0 aliphatic heterocycles.